The van der Waals surface area contributed by atoms with Crippen LogP contribution in [0.4, 0.5) is 24.7 Å². The number of fused-ring (bicyclic) bond motifs is 1. The number of nitrogens with one attached hydrogen (secondary N) is 1. The number of halogens is 3. The molecule has 1 aliphatic heterocycles. The summed E-state index contributed by atoms with van der Waals surface area (Å²) in [4.78, 5) is 0. The Hall–Kier alpha value is -4.73. The summed E-state index contributed by atoms with van der Waals surface area (Å²) in [5.74, 6) is -0.439. The van der Waals surface area contributed by atoms with Crippen LogP contribution in [-0.2, 0) is 11.6 Å². The van der Waals surface area contributed by atoms with E-state index < -0.39 is 23.2 Å². The number of nitrogens with zero attached hydrogens (tertiary/aromatic N) is 4. The molecule has 3 aromatic carbocycles. The van der Waals surface area contributed by atoms with E-state index in [0.29, 0.717) is 33.9 Å². The van der Waals surface area contributed by atoms with Gasteiger partial charge in [0.25, 0.3) is 0 Å². The van der Waals surface area contributed by atoms with E-state index in [4.69, 9.17) is 5.73 Å². The van der Waals surface area contributed by atoms with Gasteiger partial charge in [-0.05, 0) is 49.2 Å². The molecule has 0 spiro atoms. The summed E-state index contributed by atoms with van der Waals surface area (Å²) in [6.45, 7) is 3.60. The normalized spacial score (nSPS) is 16.7. The van der Waals surface area contributed by atoms with E-state index >= 15 is 0 Å². The van der Waals surface area contributed by atoms with Crippen LogP contribution >= 0.6 is 0 Å². The fraction of sp³-hybridized carbons (Fsp3) is 0.172. The van der Waals surface area contributed by atoms with Gasteiger partial charge in [0.05, 0.1) is 28.0 Å². The van der Waals surface area contributed by atoms with Gasteiger partial charge in [0.1, 0.15) is 5.82 Å². The number of hydrogen-bond acceptors (Lipinski definition) is 5. The number of benzene rings is 3. The van der Waals surface area contributed by atoms with Crippen LogP contribution < -0.4 is 11.1 Å². The molecule has 0 aliphatic carbocycles. The monoisotopic (exact) mass is 530 g/mol. The molecule has 198 valence electrons. The van der Waals surface area contributed by atoms with E-state index in [-0.39, 0.29) is 17.9 Å². The van der Waals surface area contributed by atoms with Crippen LogP contribution in [0, 0.1) is 13.8 Å². The highest BCUT2D eigenvalue weighted by atomic mass is 19.4. The minimum atomic E-state index is -4.87. The third kappa shape index (κ3) is 3.58. The van der Waals surface area contributed by atoms with Crippen LogP contribution in [0.25, 0.3) is 11.4 Å². The third-order valence-corrected chi connectivity index (χ3v) is 7.34. The second-order valence-corrected chi connectivity index (χ2v) is 9.64. The van der Waals surface area contributed by atoms with Crippen LogP contribution in [0.1, 0.15) is 33.6 Å². The predicted octanol–water partition coefficient (Wildman–Crippen LogP) is 5.74. The van der Waals surface area contributed by atoms with Crippen LogP contribution in [0.3, 0.4) is 0 Å². The van der Waals surface area contributed by atoms with Gasteiger partial charge in [-0.2, -0.15) is 23.4 Å². The Balaban J connectivity index is 1.74. The topological polar surface area (TPSA) is 93.9 Å². The van der Waals surface area contributed by atoms with Gasteiger partial charge in [0.2, 0.25) is 5.88 Å². The van der Waals surface area contributed by atoms with E-state index in [0.717, 1.165) is 10.2 Å². The quantitative estimate of drug-likeness (QED) is 0.276. The average molecular weight is 531 g/mol. The maximum atomic E-state index is 14.8. The summed E-state index contributed by atoms with van der Waals surface area (Å²) in [6.07, 6.45) is -4.87. The van der Waals surface area contributed by atoms with Crippen molar-refractivity contribution in [2.45, 2.75) is 25.4 Å². The molecule has 10 heteroatoms. The second kappa shape index (κ2) is 8.65. The molecule has 1 unspecified atom stereocenters. The number of rotatable bonds is 4. The number of nitrogen functional groups attached to an aromatic ring is 1. The molecular weight excluding hydrogens is 505 g/mol. The first kappa shape index (κ1) is 24.6. The van der Waals surface area contributed by atoms with E-state index in [1.54, 1.807) is 49.4 Å². The molecule has 0 radical (unpaired) electrons. The third-order valence-electron chi connectivity index (χ3n) is 7.34. The number of hydrogen-bond donors (Lipinski definition) is 3. The number of aryl methyl sites for hydroxylation is 2. The molecular formula is C29H25F3N6O. The van der Waals surface area contributed by atoms with Crippen LogP contribution in [0.2, 0.25) is 0 Å². The Kier molecular flexibility index (Phi) is 5.46. The Morgan fingerprint density at radius 3 is 2.08 bits per heavy atom. The van der Waals surface area contributed by atoms with Crippen molar-refractivity contribution in [2.75, 3.05) is 17.6 Å². The first-order valence-corrected chi connectivity index (χ1v) is 12.3. The largest absolute Gasteiger partial charge is 0.493 e. The number of aromatic hydroxyl groups is 1. The molecule has 6 rings (SSSR count). The van der Waals surface area contributed by atoms with Crippen molar-refractivity contribution in [2.24, 2.45) is 0 Å². The SMILES string of the molecule is Cc1cccc2c1NCC2(c1c(C)nn(-c2ccccc2)c1N)c1c(C(F)(F)F)nn(-c2ccccc2)c1O. The summed E-state index contributed by atoms with van der Waals surface area (Å²) >= 11 is 0. The number of anilines is 2. The first-order valence-electron chi connectivity index (χ1n) is 12.3. The molecule has 39 heavy (non-hydrogen) atoms. The Labute approximate surface area is 222 Å². The molecule has 5 aromatic rings. The molecule has 0 saturated carbocycles. The maximum Gasteiger partial charge on any atom is 0.435 e. The van der Waals surface area contributed by atoms with Gasteiger partial charge in [0.15, 0.2) is 5.69 Å². The zero-order chi connectivity index (χ0) is 27.5. The lowest BCUT2D eigenvalue weighted by molar-refractivity contribution is -0.142. The highest BCUT2D eigenvalue weighted by Gasteiger charge is 2.54. The second-order valence-electron chi connectivity index (χ2n) is 9.64. The zero-order valence-electron chi connectivity index (χ0n) is 21.2. The number of para-hydroxylation sites is 3. The average Bonchev–Trinajstić information content (AvgIpc) is 3.57. The van der Waals surface area contributed by atoms with Crippen molar-refractivity contribution in [3.8, 4) is 17.3 Å². The molecule has 1 aliphatic rings. The van der Waals surface area contributed by atoms with Crippen LogP contribution in [-0.4, -0.2) is 31.2 Å². The standard InChI is InChI=1S/C29H25F3N6O/c1-17-10-9-15-21-24(17)34-16-28(21,22-18(2)35-37(26(22)33)19-11-5-3-6-12-19)23-25(29(30,31)32)36-38(27(23)39)20-13-7-4-8-14-20/h3-15,34,39H,16,33H2,1-2H3. The van der Waals surface area contributed by atoms with Gasteiger partial charge in [-0.1, -0.05) is 54.6 Å². The van der Waals surface area contributed by atoms with E-state index in [2.05, 4.69) is 15.5 Å². The number of alkyl halides is 3. The summed E-state index contributed by atoms with van der Waals surface area (Å²) in [5, 5.41) is 23.5. The van der Waals surface area contributed by atoms with Crippen molar-refractivity contribution in [1.29, 1.82) is 0 Å². The highest BCUT2D eigenvalue weighted by Crippen LogP contribution is 2.55. The van der Waals surface area contributed by atoms with Gasteiger partial charge in [-0.15, -0.1) is 0 Å². The lowest BCUT2D eigenvalue weighted by Crippen LogP contribution is -2.35. The molecule has 0 bridgehead atoms. The lowest BCUT2D eigenvalue weighted by Gasteiger charge is -2.31. The van der Waals surface area contributed by atoms with Gasteiger partial charge < -0.3 is 16.2 Å². The molecule has 3 heterocycles. The number of aromatic nitrogens is 4. The fourth-order valence-corrected chi connectivity index (χ4v) is 5.73. The Morgan fingerprint density at radius 1 is 0.846 bits per heavy atom. The number of nitrogens with two attached hydrogens (primary N) is 1. The minimum absolute atomic E-state index is 0.00975. The summed E-state index contributed by atoms with van der Waals surface area (Å²) in [7, 11) is 0. The van der Waals surface area contributed by atoms with Crippen molar-refractivity contribution in [3.63, 3.8) is 0 Å². The lowest BCUT2D eigenvalue weighted by atomic mass is 9.69. The molecule has 7 nitrogen and oxygen atoms in total. The molecule has 2 aromatic heterocycles. The molecule has 0 fully saturated rings. The molecule has 1 atom stereocenters. The van der Waals surface area contributed by atoms with E-state index in [1.165, 1.54) is 4.68 Å². The first-order chi connectivity index (χ1) is 18.6. The smallest absolute Gasteiger partial charge is 0.435 e. The summed E-state index contributed by atoms with van der Waals surface area (Å²) < 4.78 is 46.7. The molecule has 0 amide bonds. The van der Waals surface area contributed by atoms with E-state index in [1.807, 2.05) is 43.3 Å². The van der Waals surface area contributed by atoms with Gasteiger partial charge in [0, 0.05) is 17.8 Å². The minimum Gasteiger partial charge on any atom is -0.493 e. The van der Waals surface area contributed by atoms with Crippen LogP contribution in [0.5, 0.6) is 5.88 Å². The Bertz CT molecular complexity index is 1690. The van der Waals surface area contributed by atoms with Crippen molar-refractivity contribution >= 4 is 11.5 Å². The van der Waals surface area contributed by atoms with E-state index in [9.17, 15) is 18.3 Å². The summed E-state index contributed by atoms with van der Waals surface area (Å²) in [6, 6.07) is 22.8. The van der Waals surface area contributed by atoms with Gasteiger partial charge in [-0.25, -0.2) is 9.36 Å². The van der Waals surface area contributed by atoms with Gasteiger partial charge >= 0.3 is 6.18 Å². The Morgan fingerprint density at radius 2 is 1.46 bits per heavy atom. The summed E-state index contributed by atoms with van der Waals surface area (Å²) in [5.41, 5.74) is 7.48. The van der Waals surface area contributed by atoms with Crippen LogP contribution in [0.15, 0.2) is 78.9 Å². The predicted molar refractivity (Wildman–Crippen MR) is 142 cm³/mol. The highest BCUT2D eigenvalue weighted by molar-refractivity contribution is 5.76. The zero-order valence-corrected chi connectivity index (χ0v) is 21.2. The fourth-order valence-electron chi connectivity index (χ4n) is 5.73. The van der Waals surface area contributed by atoms with Crippen molar-refractivity contribution in [1.82, 2.24) is 19.6 Å². The van der Waals surface area contributed by atoms with Gasteiger partial charge in [-0.3, -0.25) is 0 Å². The maximum absolute atomic E-state index is 14.8. The molecule has 4 N–H and O–H groups in total. The van der Waals surface area contributed by atoms with Crippen molar-refractivity contribution in [3.05, 3.63) is 113 Å². The van der Waals surface area contributed by atoms with Crippen molar-refractivity contribution < 1.29 is 18.3 Å². The molecule has 0 saturated heterocycles.